The largest absolute Gasteiger partial charge is 0.324 e. The number of rotatable bonds is 4. The molecule has 0 saturated heterocycles. The van der Waals surface area contributed by atoms with Crippen molar-refractivity contribution in [2.24, 2.45) is 0 Å². The van der Waals surface area contributed by atoms with E-state index in [0.717, 1.165) is 27.4 Å². The standard InChI is InChI=1S/C23H20N4O3/c1-13-8-16(21-18(9-13)22(29)27(3)23(21)30)10-20(28)26-17-6-7-19(25-12-17)15-5-4-14(2)24-11-15/h4-9,11-12H,10H2,1-3H3,(H,26,28). The summed E-state index contributed by atoms with van der Waals surface area (Å²) in [6.07, 6.45) is 3.32. The van der Waals surface area contributed by atoms with Gasteiger partial charge >= 0.3 is 0 Å². The van der Waals surface area contributed by atoms with Gasteiger partial charge in [-0.05, 0) is 55.3 Å². The third-order valence-electron chi connectivity index (χ3n) is 5.02. The number of hydrogen-bond donors (Lipinski definition) is 1. The molecule has 3 heterocycles. The molecule has 0 bridgehead atoms. The molecule has 7 heteroatoms. The van der Waals surface area contributed by atoms with Gasteiger partial charge in [-0.25, -0.2) is 0 Å². The smallest absolute Gasteiger partial charge is 0.261 e. The van der Waals surface area contributed by atoms with Gasteiger partial charge in [0, 0.05) is 24.5 Å². The van der Waals surface area contributed by atoms with Crippen LogP contribution in [-0.4, -0.2) is 39.6 Å². The molecular weight excluding hydrogens is 380 g/mol. The van der Waals surface area contributed by atoms with Gasteiger partial charge in [0.1, 0.15) is 0 Å². The normalized spacial score (nSPS) is 12.8. The lowest BCUT2D eigenvalue weighted by atomic mass is 9.97. The van der Waals surface area contributed by atoms with Crippen LogP contribution < -0.4 is 5.32 Å². The quantitative estimate of drug-likeness (QED) is 0.679. The van der Waals surface area contributed by atoms with Crippen LogP contribution in [0.15, 0.2) is 48.8 Å². The van der Waals surface area contributed by atoms with Crippen LogP contribution in [0.5, 0.6) is 0 Å². The highest BCUT2D eigenvalue weighted by Crippen LogP contribution is 2.27. The highest BCUT2D eigenvalue weighted by Gasteiger charge is 2.35. The van der Waals surface area contributed by atoms with E-state index in [4.69, 9.17) is 0 Å². The second kappa shape index (κ2) is 7.51. The monoisotopic (exact) mass is 400 g/mol. The maximum Gasteiger partial charge on any atom is 0.261 e. The molecular formula is C23H20N4O3. The summed E-state index contributed by atoms with van der Waals surface area (Å²) in [7, 11) is 1.45. The van der Waals surface area contributed by atoms with E-state index in [0.29, 0.717) is 22.4 Å². The van der Waals surface area contributed by atoms with Crippen LogP contribution in [0, 0.1) is 13.8 Å². The minimum absolute atomic E-state index is 0.0134. The van der Waals surface area contributed by atoms with E-state index in [2.05, 4.69) is 15.3 Å². The summed E-state index contributed by atoms with van der Waals surface area (Å²) in [4.78, 5) is 47.0. The molecule has 150 valence electrons. The third kappa shape index (κ3) is 3.57. The van der Waals surface area contributed by atoms with Crippen molar-refractivity contribution in [3.05, 3.63) is 76.7 Å². The number of carbonyl (C=O) groups excluding carboxylic acids is 3. The number of anilines is 1. The van der Waals surface area contributed by atoms with E-state index in [-0.39, 0.29) is 24.1 Å². The van der Waals surface area contributed by atoms with E-state index in [1.54, 1.807) is 30.6 Å². The average molecular weight is 400 g/mol. The number of aromatic nitrogens is 2. The zero-order valence-electron chi connectivity index (χ0n) is 16.9. The van der Waals surface area contributed by atoms with Gasteiger partial charge in [0.25, 0.3) is 11.8 Å². The van der Waals surface area contributed by atoms with Gasteiger partial charge in [0.15, 0.2) is 0 Å². The average Bonchev–Trinajstić information content (AvgIpc) is 2.93. The van der Waals surface area contributed by atoms with Crippen LogP contribution in [0.25, 0.3) is 11.3 Å². The molecule has 3 amide bonds. The number of carbonyl (C=O) groups is 3. The van der Waals surface area contributed by atoms with Crippen molar-refractivity contribution in [3.8, 4) is 11.3 Å². The zero-order valence-corrected chi connectivity index (χ0v) is 16.9. The van der Waals surface area contributed by atoms with Gasteiger partial charge in [0.05, 0.1) is 35.1 Å². The number of pyridine rings is 2. The maximum atomic E-state index is 12.6. The molecule has 0 fully saturated rings. The lowest BCUT2D eigenvalue weighted by molar-refractivity contribution is -0.115. The molecule has 1 aromatic carbocycles. The Kier molecular flexibility index (Phi) is 4.87. The highest BCUT2D eigenvalue weighted by atomic mass is 16.2. The fraction of sp³-hybridized carbons (Fsp3) is 0.174. The molecule has 0 atom stereocenters. The number of fused-ring (bicyclic) bond motifs is 1. The van der Waals surface area contributed by atoms with E-state index >= 15 is 0 Å². The molecule has 1 aliphatic rings. The van der Waals surface area contributed by atoms with Gasteiger partial charge in [-0.2, -0.15) is 0 Å². The van der Waals surface area contributed by atoms with Crippen molar-refractivity contribution in [2.75, 3.05) is 12.4 Å². The second-order valence-corrected chi connectivity index (χ2v) is 7.36. The predicted molar refractivity (Wildman–Crippen MR) is 112 cm³/mol. The Morgan fingerprint density at radius 2 is 1.80 bits per heavy atom. The molecule has 7 nitrogen and oxygen atoms in total. The lowest BCUT2D eigenvalue weighted by Gasteiger charge is -2.10. The van der Waals surface area contributed by atoms with Gasteiger partial charge in [0.2, 0.25) is 5.91 Å². The summed E-state index contributed by atoms with van der Waals surface area (Å²) in [6.45, 7) is 3.75. The van der Waals surface area contributed by atoms with E-state index in [1.165, 1.54) is 7.05 Å². The van der Waals surface area contributed by atoms with E-state index in [9.17, 15) is 14.4 Å². The number of nitrogens with zero attached hydrogens (tertiary/aromatic N) is 3. The first-order valence-corrected chi connectivity index (χ1v) is 9.48. The van der Waals surface area contributed by atoms with Gasteiger partial charge in [-0.15, -0.1) is 0 Å². The summed E-state index contributed by atoms with van der Waals surface area (Å²) in [6, 6.07) is 10.9. The predicted octanol–water partition coefficient (Wildman–Crippen LogP) is 3.17. The van der Waals surface area contributed by atoms with Gasteiger partial charge in [-0.1, -0.05) is 6.07 Å². The molecule has 4 rings (SSSR count). The Balaban J connectivity index is 1.51. The summed E-state index contributed by atoms with van der Waals surface area (Å²) in [5, 5.41) is 2.80. The van der Waals surface area contributed by atoms with E-state index in [1.807, 2.05) is 32.0 Å². The Hall–Kier alpha value is -3.87. The first-order valence-electron chi connectivity index (χ1n) is 9.48. The van der Waals surface area contributed by atoms with Crippen LogP contribution in [0.4, 0.5) is 5.69 Å². The van der Waals surface area contributed by atoms with Crippen molar-refractivity contribution < 1.29 is 14.4 Å². The molecule has 30 heavy (non-hydrogen) atoms. The topological polar surface area (TPSA) is 92.3 Å². The van der Waals surface area contributed by atoms with Crippen LogP contribution in [0.3, 0.4) is 0 Å². The Morgan fingerprint density at radius 3 is 2.47 bits per heavy atom. The molecule has 0 aliphatic carbocycles. The molecule has 1 aliphatic heterocycles. The Bertz CT molecular complexity index is 1170. The fourth-order valence-electron chi connectivity index (χ4n) is 3.50. The fourth-order valence-corrected chi connectivity index (χ4v) is 3.50. The zero-order chi connectivity index (χ0) is 21.4. The molecule has 0 radical (unpaired) electrons. The van der Waals surface area contributed by atoms with E-state index < -0.39 is 0 Å². The lowest BCUT2D eigenvalue weighted by Crippen LogP contribution is -2.24. The minimum Gasteiger partial charge on any atom is -0.324 e. The van der Waals surface area contributed by atoms with Crippen LogP contribution in [-0.2, 0) is 11.2 Å². The number of benzene rings is 1. The summed E-state index contributed by atoms with van der Waals surface area (Å²) < 4.78 is 0. The molecule has 2 aromatic heterocycles. The molecule has 0 spiro atoms. The first-order chi connectivity index (χ1) is 14.3. The maximum absolute atomic E-state index is 12.6. The summed E-state index contributed by atoms with van der Waals surface area (Å²) >= 11 is 0. The Morgan fingerprint density at radius 1 is 1.00 bits per heavy atom. The number of hydrogen-bond acceptors (Lipinski definition) is 5. The van der Waals surface area contributed by atoms with Crippen molar-refractivity contribution >= 4 is 23.4 Å². The number of amides is 3. The molecule has 0 saturated carbocycles. The van der Waals surface area contributed by atoms with Crippen molar-refractivity contribution in [3.63, 3.8) is 0 Å². The SMILES string of the molecule is Cc1cc(CC(=O)Nc2ccc(-c3ccc(C)nc3)nc2)c2c(c1)C(=O)N(C)C2=O. The van der Waals surface area contributed by atoms with Crippen molar-refractivity contribution in [1.29, 1.82) is 0 Å². The van der Waals surface area contributed by atoms with Gasteiger partial charge < -0.3 is 5.32 Å². The Labute approximate surface area is 173 Å². The van der Waals surface area contributed by atoms with Crippen LogP contribution >= 0.6 is 0 Å². The molecule has 3 aromatic rings. The number of nitrogens with one attached hydrogen (secondary N) is 1. The minimum atomic E-state index is -0.379. The highest BCUT2D eigenvalue weighted by molar-refractivity contribution is 6.22. The van der Waals surface area contributed by atoms with Crippen molar-refractivity contribution in [1.82, 2.24) is 14.9 Å². The second-order valence-electron chi connectivity index (χ2n) is 7.36. The number of aryl methyl sites for hydroxylation is 2. The van der Waals surface area contributed by atoms with Crippen LogP contribution in [0.2, 0.25) is 0 Å². The summed E-state index contributed by atoms with van der Waals surface area (Å²) in [5.74, 6) is -1.01. The first kappa shape index (κ1) is 19.4. The van der Waals surface area contributed by atoms with Gasteiger partial charge in [-0.3, -0.25) is 29.3 Å². The van der Waals surface area contributed by atoms with Crippen LogP contribution in [0.1, 0.15) is 37.5 Å². The number of imide groups is 1. The molecule has 0 unspecified atom stereocenters. The summed E-state index contributed by atoms with van der Waals surface area (Å²) in [5.41, 5.74) is 5.15. The van der Waals surface area contributed by atoms with Crippen molar-refractivity contribution in [2.45, 2.75) is 20.3 Å². The third-order valence-corrected chi connectivity index (χ3v) is 5.02. The molecule has 1 N–H and O–H groups in total.